The molecule has 0 bridgehead atoms. The predicted molar refractivity (Wildman–Crippen MR) is 129 cm³/mol. The maximum absolute atomic E-state index is 13.0. The molecule has 4 rings (SSSR count). The van der Waals surface area contributed by atoms with Gasteiger partial charge in [-0.15, -0.1) is 10.2 Å². The molecule has 0 radical (unpaired) electrons. The van der Waals surface area contributed by atoms with Gasteiger partial charge in [-0.3, -0.25) is 9.36 Å². The molecule has 33 heavy (non-hydrogen) atoms. The molecule has 1 aliphatic rings. The maximum atomic E-state index is 13.0. The summed E-state index contributed by atoms with van der Waals surface area (Å²) in [5.41, 5.74) is 3.76. The number of carbonyl (C=O) groups is 1. The number of carbonyl (C=O) groups excluding carboxylic acids is 1. The van der Waals surface area contributed by atoms with E-state index in [0.29, 0.717) is 31.2 Å². The molecular weight excluding hydrogens is 458 g/mol. The minimum Gasteiger partial charge on any atom is -0.311 e. The Bertz CT molecular complexity index is 1250. The number of fused-ring (bicyclic) bond motifs is 1. The average molecular weight is 486 g/mol. The van der Waals surface area contributed by atoms with Crippen LogP contribution in [-0.4, -0.2) is 58.8 Å². The van der Waals surface area contributed by atoms with E-state index < -0.39 is 10.0 Å². The van der Waals surface area contributed by atoms with Gasteiger partial charge in [0.15, 0.2) is 5.16 Å². The van der Waals surface area contributed by atoms with E-state index in [0.717, 1.165) is 22.5 Å². The molecule has 0 spiro atoms. The van der Waals surface area contributed by atoms with Crippen LogP contribution >= 0.6 is 11.8 Å². The lowest BCUT2D eigenvalue weighted by Gasteiger charge is -2.20. The SMILES string of the molecule is CCN(CC)S(=O)(=O)c1ccc2c(c1)CCN2C(=O)CSc1nncn1-c1ccc(C)cc1. The lowest BCUT2D eigenvalue weighted by atomic mass is 10.2. The molecule has 0 saturated heterocycles. The van der Waals surface area contributed by atoms with Gasteiger partial charge >= 0.3 is 0 Å². The first-order valence-electron chi connectivity index (χ1n) is 10.9. The third kappa shape index (κ3) is 4.68. The predicted octanol–water partition coefficient (Wildman–Crippen LogP) is 3.29. The number of aromatic nitrogens is 3. The fourth-order valence-electron chi connectivity index (χ4n) is 3.92. The number of aryl methyl sites for hydroxylation is 1. The molecule has 1 amide bonds. The first-order chi connectivity index (χ1) is 15.8. The van der Waals surface area contributed by atoms with E-state index in [2.05, 4.69) is 10.2 Å². The van der Waals surface area contributed by atoms with Crippen LogP contribution in [-0.2, 0) is 21.2 Å². The highest BCUT2D eigenvalue weighted by molar-refractivity contribution is 7.99. The zero-order valence-electron chi connectivity index (χ0n) is 18.9. The summed E-state index contributed by atoms with van der Waals surface area (Å²) in [5.74, 6) is 0.167. The van der Waals surface area contributed by atoms with E-state index >= 15 is 0 Å². The highest BCUT2D eigenvalue weighted by Gasteiger charge is 2.28. The Balaban J connectivity index is 1.47. The van der Waals surface area contributed by atoms with Crippen molar-refractivity contribution in [1.29, 1.82) is 0 Å². The summed E-state index contributed by atoms with van der Waals surface area (Å²) in [4.78, 5) is 15.0. The Morgan fingerprint density at radius 1 is 1.12 bits per heavy atom. The second kappa shape index (κ2) is 9.66. The smallest absolute Gasteiger partial charge is 0.243 e. The van der Waals surface area contributed by atoms with Gasteiger partial charge in [0, 0.05) is 31.0 Å². The van der Waals surface area contributed by atoms with E-state index in [1.165, 1.54) is 16.1 Å². The number of hydrogen-bond donors (Lipinski definition) is 0. The standard InChI is InChI=1S/C23H27N5O3S2/c1-4-26(5-2)33(30,31)20-10-11-21-18(14-20)12-13-27(21)22(29)15-32-23-25-24-16-28(23)19-8-6-17(3)7-9-19/h6-11,14,16H,4-5,12-13,15H2,1-3H3. The van der Waals surface area contributed by atoms with Crippen LogP contribution < -0.4 is 4.90 Å². The van der Waals surface area contributed by atoms with Crippen LogP contribution in [0.4, 0.5) is 5.69 Å². The second-order valence-corrected chi connectivity index (χ2v) is 10.7. The second-order valence-electron chi connectivity index (χ2n) is 7.78. The van der Waals surface area contributed by atoms with Crippen molar-refractivity contribution in [2.45, 2.75) is 37.2 Å². The van der Waals surface area contributed by atoms with E-state index in [1.807, 2.05) is 49.6 Å². The number of rotatable bonds is 8. The highest BCUT2D eigenvalue weighted by atomic mass is 32.2. The fraction of sp³-hybridized carbons (Fsp3) is 0.348. The highest BCUT2D eigenvalue weighted by Crippen LogP contribution is 2.32. The number of hydrogen-bond acceptors (Lipinski definition) is 6. The van der Waals surface area contributed by atoms with Crippen molar-refractivity contribution >= 4 is 33.4 Å². The van der Waals surface area contributed by atoms with E-state index in [1.54, 1.807) is 29.4 Å². The molecule has 3 aromatic rings. The monoisotopic (exact) mass is 485 g/mol. The Morgan fingerprint density at radius 3 is 2.55 bits per heavy atom. The third-order valence-electron chi connectivity index (χ3n) is 5.74. The maximum Gasteiger partial charge on any atom is 0.243 e. The molecule has 0 saturated carbocycles. The van der Waals surface area contributed by atoms with Crippen LogP contribution in [0.1, 0.15) is 25.0 Å². The van der Waals surface area contributed by atoms with Gasteiger partial charge in [0.25, 0.3) is 0 Å². The van der Waals surface area contributed by atoms with Crippen LogP contribution in [0.25, 0.3) is 5.69 Å². The average Bonchev–Trinajstić information content (AvgIpc) is 3.45. The number of benzene rings is 2. The number of amides is 1. The molecule has 0 aliphatic carbocycles. The number of anilines is 1. The Labute approximate surface area is 198 Å². The summed E-state index contributed by atoms with van der Waals surface area (Å²) in [6.07, 6.45) is 2.27. The zero-order chi connectivity index (χ0) is 23.6. The normalized spacial score (nSPS) is 13.5. The number of nitrogens with zero attached hydrogens (tertiary/aromatic N) is 5. The van der Waals surface area contributed by atoms with Gasteiger partial charge in [0.1, 0.15) is 6.33 Å². The van der Waals surface area contributed by atoms with Crippen molar-refractivity contribution in [1.82, 2.24) is 19.1 Å². The largest absolute Gasteiger partial charge is 0.311 e. The van der Waals surface area contributed by atoms with Gasteiger partial charge < -0.3 is 4.90 Å². The van der Waals surface area contributed by atoms with E-state index in [9.17, 15) is 13.2 Å². The van der Waals surface area contributed by atoms with Gasteiger partial charge in [-0.25, -0.2) is 8.42 Å². The van der Waals surface area contributed by atoms with E-state index in [-0.39, 0.29) is 16.6 Å². The summed E-state index contributed by atoms with van der Waals surface area (Å²) < 4.78 is 29.0. The van der Waals surface area contributed by atoms with Crippen molar-refractivity contribution in [3.05, 3.63) is 59.9 Å². The van der Waals surface area contributed by atoms with Crippen LogP contribution in [0, 0.1) is 6.92 Å². The van der Waals surface area contributed by atoms with E-state index in [4.69, 9.17) is 0 Å². The molecule has 1 aromatic heterocycles. The molecule has 0 unspecified atom stereocenters. The van der Waals surface area contributed by atoms with Gasteiger partial charge in [-0.05, 0) is 49.2 Å². The first kappa shape index (κ1) is 23.5. The molecule has 0 N–H and O–H groups in total. The molecular formula is C23H27N5O3S2. The quantitative estimate of drug-likeness (QED) is 0.455. The Hall–Kier alpha value is -2.69. The lowest BCUT2D eigenvalue weighted by Crippen LogP contribution is -2.31. The van der Waals surface area contributed by atoms with Gasteiger partial charge in [-0.1, -0.05) is 43.3 Å². The summed E-state index contributed by atoms with van der Waals surface area (Å²) in [6, 6.07) is 13.1. The topological polar surface area (TPSA) is 88.4 Å². The van der Waals surface area contributed by atoms with Crippen molar-refractivity contribution in [3.63, 3.8) is 0 Å². The zero-order valence-corrected chi connectivity index (χ0v) is 20.6. The summed E-state index contributed by atoms with van der Waals surface area (Å²) in [5, 5.41) is 8.81. The molecule has 174 valence electrons. The summed E-state index contributed by atoms with van der Waals surface area (Å²) >= 11 is 1.34. The summed E-state index contributed by atoms with van der Waals surface area (Å²) in [6.45, 7) is 7.06. The minimum absolute atomic E-state index is 0.0449. The molecule has 2 aromatic carbocycles. The molecule has 8 nitrogen and oxygen atoms in total. The van der Waals surface area contributed by atoms with Crippen LogP contribution in [0.5, 0.6) is 0 Å². The molecule has 1 aliphatic heterocycles. The molecule has 0 fully saturated rings. The molecule has 10 heteroatoms. The lowest BCUT2D eigenvalue weighted by molar-refractivity contribution is -0.116. The van der Waals surface area contributed by atoms with Crippen molar-refractivity contribution < 1.29 is 13.2 Å². The minimum atomic E-state index is -3.53. The van der Waals surface area contributed by atoms with Gasteiger partial charge in [0.05, 0.1) is 10.6 Å². The Morgan fingerprint density at radius 2 is 1.85 bits per heavy atom. The van der Waals surface area contributed by atoms with Crippen LogP contribution in [0.2, 0.25) is 0 Å². The van der Waals surface area contributed by atoms with Gasteiger partial charge in [-0.2, -0.15) is 4.31 Å². The van der Waals surface area contributed by atoms with Gasteiger partial charge in [0.2, 0.25) is 15.9 Å². The third-order valence-corrected chi connectivity index (χ3v) is 8.72. The Kier molecular flexibility index (Phi) is 6.87. The first-order valence-corrected chi connectivity index (χ1v) is 13.3. The van der Waals surface area contributed by atoms with Crippen molar-refractivity contribution in [2.24, 2.45) is 0 Å². The van der Waals surface area contributed by atoms with Crippen LogP contribution in [0.3, 0.4) is 0 Å². The summed E-state index contributed by atoms with van der Waals surface area (Å²) in [7, 11) is -3.53. The van der Waals surface area contributed by atoms with Crippen molar-refractivity contribution in [3.8, 4) is 5.69 Å². The number of sulfonamides is 1. The molecule has 0 atom stereocenters. The fourth-order valence-corrected chi connectivity index (χ4v) is 6.23. The van der Waals surface area contributed by atoms with Crippen LogP contribution in [0.15, 0.2) is 58.8 Å². The molecule has 2 heterocycles. The number of thioether (sulfide) groups is 1. The van der Waals surface area contributed by atoms with Crippen molar-refractivity contribution in [2.75, 3.05) is 30.3 Å².